The lowest BCUT2D eigenvalue weighted by Crippen LogP contribution is -2.22. The van der Waals surface area contributed by atoms with Crippen LogP contribution in [0.5, 0.6) is 5.75 Å². The van der Waals surface area contributed by atoms with Crippen LogP contribution in [-0.2, 0) is 0 Å². The van der Waals surface area contributed by atoms with Gasteiger partial charge in [0.05, 0.1) is 13.2 Å². The molecule has 21 heavy (non-hydrogen) atoms. The quantitative estimate of drug-likeness (QED) is 0.766. The lowest BCUT2D eigenvalue weighted by Gasteiger charge is -2.18. The van der Waals surface area contributed by atoms with Gasteiger partial charge in [-0.1, -0.05) is 13.0 Å². The van der Waals surface area contributed by atoms with Gasteiger partial charge in [0.15, 0.2) is 11.6 Å². The van der Waals surface area contributed by atoms with Crippen molar-refractivity contribution in [3.8, 4) is 5.75 Å². The van der Waals surface area contributed by atoms with Gasteiger partial charge in [0.25, 0.3) is 0 Å². The maximum atomic E-state index is 14.0. The minimum atomic E-state index is -0.328. The van der Waals surface area contributed by atoms with Crippen LogP contribution in [0.25, 0.3) is 0 Å². The molecule has 0 aliphatic heterocycles. The Bertz CT molecular complexity index is 595. The Morgan fingerprint density at radius 3 is 2.67 bits per heavy atom. The van der Waals surface area contributed by atoms with E-state index in [1.54, 1.807) is 23.5 Å². The van der Waals surface area contributed by atoms with Crippen molar-refractivity contribution in [3.63, 3.8) is 0 Å². The highest BCUT2D eigenvalue weighted by molar-refractivity contribution is 9.10. The minimum Gasteiger partial charge on any atom is -0.494 e. The number of rotatable bonds is 6. The van der Waals surface area contributed by atoms with Gasteiger partial charge in [0, 0.05) is 14.2 Å². The molecule has 0 aliphatic carbocycles. The third-order valence-corrected chi connectivity index (χ3v) is 5.47. The molecule has 0 bridgehead atoms. The summed E-state index contributed by atoms with van der Waals surface area (Å²) in [7, 11) is 1.48. The van der Waals surface area contributed by atoms with Gasteiger partial charge in [0.2, 0.25) is 0 Å². The van der Waals surface area contributed by atoms with Crippen LogP contribution in [0.4, 0.5) is 4.39 Å². The van der Waals surface area contributed by atoms with Gasteiger partial charge < -0.3 is 10.1 Å². The summed E-state index contributed by atoms with van der Waals surface area (Å²) in [5, 5.41) is 3.49. The van der Waals surface area contributed by atoms with Crippen molar-refractivity contribution in [2.75, 3.05) is 13.7 Å². The molecule has 1 unspecified atom stereocenters. The van der Waals surface area contributed by atoms with Crippen molar-refractivity contribution in [1.82, 2.24) is 5.32 Å². The molecule has 5 heteroatoms. The number of hydrogen-bond acceptors (Lipinski definition) is 3. The second-order valence-electron chi connectivity index (χ2n) is 4.83. The van der Waals surface area contributed by atoms with E-state index in [1.165, 1.54) is 16.9 Å². The number of nitrogens with one attached hydrogen (secondary N) is 1. The van der Waals surface area contributed by atoms with Crippen LogP contribution in [0.3, 0.4) is 0 Å². The first-order valence-electron chi connectivity index (χ1n) is 6.89. The van der Waals surface area contributed by atoms with E-state index >= 15 is 0 Å². The smallest absolute Gasteiger partial charge is 0.165 e. The van der Waals surface area contributed by atoms with Crippen molar-refractivity contribution in [2.45, 2.75) is 26.3 Å². The van der Waals surface area contributed by atoms with E-state index in [0.717, 1.165) is 23.0 Å². The minimum absolute atomic E-state index is 0.000330. The van der Waals surface area contributed by atoms with E-state index in [9.17, 15) is 4.39 Å². The Kier molecular flexibility index (Phi) is 5.79. The Morgan fingerprint density at radius 2 is 2.14 bits per heavy atom. The summed E-state index contributed by atoms with van der Waals surface area (Å²) >= 11 is 5.27. The van der Waals surface area contributed by atoms with E-state index in [2.05, 4.69) is 41.2 Å². The van der Waals surface area contributed by atoms with Crippen LogP contribution < -0.4 is 10.1 Å². The van der Waals surface area contributed by atoms with Crippen molar-refractivity contribution in [2.24, 2.45) is 0 Å². The number of ether oxygens (including phenoxy) is 1. The monoisotopic (exact) mass is 371 g/mol. The molecule has 0 aliphatic rings. The molecule has 2 nitrogen and oxygen atoms in total. The van der Waals surface area contributed by atoms with Crippen LogP contribution in [0.15, 0.2) is 28.7 Å². The highest BCUT2D eigenvalue weighted by Crippen LogP contribution is 2.34. The fourth-order valence-corrected chi connectivity index (χ4v) is 3.82. The van der Waals surface area contributed by atoms with E-state index in [0.29, 0.717) is 0 Å². The third-order valence-electron chi connectivity index (χ3n) is 3.27. The molecule has 0 radical (unpaired) electrons. The van der Waals surface area contributed by atoms with Crippen molar-refractivity contribution in [1.29, 1.82) is 0 Å². The molecule has 2 aromatic rings. The first-order valence-corrected chi connectivity index (χ1v) is 8.50. The number of methoxy groups -OCH3 is 1. The molecule has 0 saturated heterocycles. The Labute approximate surface area is 137 Å². The van der Waals surface area contributed by atoms with Gasteiger partial charge in [-0.2, -0.15) is 0 Å². The zero-order chi connectivity index (χ0) is 15.4. The van der Waals surface area contributed by atoms with E-state index in [1.807, 2.05) is 6.07 Å². The average Bonchev–Trinajstić information content (AvgIpc) is 2.79. The van der Waals surface area contributed by atoms with Crippen LogP contribution >= 0.6 is 27.3 Å². The first-order chi connectivity index (χ1) is 10.1. The van der Waals surface area contributed by atoms with Crippen LogP contribution in [-0.4, -0.2) is 13.7 Å². The topological polar surface area (TPSA) is 21.3 Å². The highest BCUT2D eigenvalue weighted by Gasteiger charge is 2.18. The highest BCUT2D eigenvalue weighted by atomic mass is 79.9. The van der Waals surface area contributed by atoms with Gasteiger partial charge >= 0.3 is 0 Å². The molecular weight excluding hydrogens is 353 g/mol. The molecule has 1 atom stereocenters. The van der Waals surface area contributed by atoms with Gasteiger partial charge in [-0.3, -0.25) is 0 Å². The second kappa shape index (κ2) is 7.38. The molecule has 0 spiro atoms. The van der Waals surface area contributed by atoms with Crippen molar-refractivity contribution < 1.29 is 9.13 Å². The van der Waals surface area contributed by atoms with Crippen molar-refractivity contribution >= 4 is 27.3 Å². The van der Waals surface area contributed by atoms with Gasteiger partial charge in [-0.15, -0.1) is 11.3 Å². The van der Waals surface area contributed by atoms with Gasteiger partial charge in [-0.25, -0.2) is 4.39 Å². The standard InChI is InChI=1S/C16H19BrFNOS/c1-4-7-19-16(15-9-12(17)10(2)21-15)11-5-6-14(20-3)13(18)8-11/h5-6,8-9,16,19H,4,7H2,1-3H3. The number of thiophene rings is 1. The summed E-state index contributed by atoms with van der Waals surface area (Å²) in [5.74, 6) is -0.0535. The largest absolute Gasteiger partial charge is 0.494 e. The molecule has 0 saturated carbocycles. The Hall–Kier alpha value is -0.910. The fraction of sp³-hybridized carbons (Fsp3) is 0.375. The predicted molar refractivity (Wildman–Crippen MR) is 89.8 cm³/mol. The fourth-order valence-electron chi connectivity index (χ4n) is 2.16. The Morgan fingerprint density at radius 1 is 1.38 bits per heavy atom. The van der Waals surface area contributed by atoms with Crippen LogP contribution in [0.2, 0.25) is 0 Å². The molecule has 1 aromatic heterocycles. The summed E-state index contributed by atoms with van der Waals surface area (Å²) in [5.41, 5.74) is 0.913. The molecule has 0 amide bonds. The summed E-state index contributed by atoms with van der Waals surface area (Å²) in [4.78, 5) is 2.40. The molecule has 114 valence electrons. The van der Waals surface area contributed by atoms with E-state index in [-0.39, 0.29) is 17.6 Å². The first kappa shape index (κ1) is 16.5. The van der Waals surface area contributed by atoms with Crippen LogP contribution in [0, 0.1) is 12.7 Å². The van der Waals surface area contributed by atoms with E-state index in [4.69, 9.17) is 4.74 Å². The molecule has 1 heterocycles. The van der Waals surface area contributed by atoms with Crippen LogP contribution in [0.1, 0.15) is 34.7 Å². The number of hydrogen-bond donors (Lipinski definition) is 1. The summed E-state index contributed by atoms with van der Waals surface area (Å²) in [6.45, 7) is 5.07. The summed E-state index contributed by atoms with van der Waals surface area (Å²) < 4.78 is 20.1. The maximum absolute atomic E-state index is 14.0. The SMILES string of the molecule is CCCNC(c1ccc(OC)c(F)c1)c1cc(Br)c(C)s1. The van der Waals surface area contributed by atoms with E-state index < -0.39 is 0 Å². The lowest BCUT2D eigenvalue weighted by molar-refractivity contribution is 0.385. The molecule has 2 rings (SSSR count). The third kappa shape index (κ3) is 3.84. The predicted octanol–water partition coefficient (Wildman–Crippen LogP) is 5.06. The summed E-state index contributed by atoms with van der Waals surface area (Å²) in [6.07, 6.45) is 1.03. The maximum Gasteiger partial charge on any atom is 0.165 e. The molecular formula is C16H19BrFNOS. The van der Waals surface area contributed by atoms with Crippen molar-refractivity contribution in [3.05, 3.63) is 49.9 Å². The van der Waals surface area contributed by atoms with Gasteiger partial charge in [0.1, 0.15) is 0 Å². The average molecular weight is 372 g/mol. The number of benzene rings is 1. The lowest BCUT2D eigenvalue weighted by atomic mass is 10.0. The Balaban J connectivity index is 2.37. The number of halogens is 2. The summed E-state index contributed by atoms with van der Waals surface area (Å²) in [6, 6.07) is 7.25. The normalized spacial score (nSPS) is 12.4. The zero-order valence-electron chi connectivity index (χ0n) is 12.4. The molecule has 1 aromatic carbocycles. The second-order valence-corrected chi connectivity index (χ2v) is 6.98. The molecule has 1 N–H and O–H groups in total. The zero-order valence-corrected chi connectivity index (χ0v) is 14.8. The molecule has 0 fully saturated rings. The number of aryl methyl sites for hydroxylation is 1. The van der Waals surface area contributed by atoms with Gasteiger partial charge in [-0.05, 0) is 59.6 Å².